The molecular weight excluding hydrogens is 354 g/mol. The van der Waals surface area contributed by atoms with E-state index in [2.05, 4.69) is 4.72 Å². The highest BCUT2D eigenvalue weighted by atomic mass is 32.2. The van der Waals surface area contributed by atoms with E-state index in [-0.39, 0.29) is 11.5 Å². The summed E-state index contributed by atoms with van der Waals surface area (Å²) in [5.74, 6) is 0.397. The number of sulfonamides is 1. The molecule has 1 N–H and O–H groups in total. The third-order valence-corrected chi connectivity index (χ3v) is 4.24. The van der Waals surface area contributed by atoms with Crippen LogP contribution in [0.15, 0.2) is 52.9 Å². The number of fused-ring (bicyclic) bond motifs is 1. The van der Waals surface area contributed by atoms with Crippen molar-refractivity contribution in [3.63, 3.8) is 0 Å². The van der Waals surface area contributed by atoms with Crippen LogP contribution in [0.4, 0.5) is 5.69 Å². The number of hydrogen-bond acceptors (Lipinski definition) is 5. The second-order valence-corrected chi connectivity index (χ2v) is 7.66. The molecule has 3 rings (SSSR count). The molecular formula is C19H19NO5S. The molecule has 1 heterocycles. The maximum atomic E-state index is 12.8. The second kappa shape index (κ2) is 7.21. The van der Waals surface area contributed by atoms with E-state index < -0.39 is 10.0 Å². The summed E-state index contributed by atoms with van der Waals surface area (Å²) in [5, 5.41) is 0.633. The van der Waals surface area contributed by atoms with Crippen molar-refractivity contribution >= 4 is 32.5 Å². The van der Waals surface area contributed by atoms with Crippen molar-refractivity contribution in [3.8, 4) is 5.75 Å². The van der Waals surface area contributed by atoms with E-state index in [1.54, 1.807) is 42.5 Å². The molecule has 0 aliphatic rings. The molecule has 0 bridgehead atoms. The Morgan fingerprint density at radius 2 is 1.92 bits per heavy atom. The lowest BCUT2D eigenvalue weighted by Gasteiger charge is -2.08. The Bertz CT molecular complexity index is 1050. The van der Waals surface area contributed by atoms with Gasteiger partial charge in [-0.2, -0.15) is 0 Å². The quantitative estimate of drug-likeness (QED) is 0.636. The molecule has 0 spiro atoms. The van der Waals surface area contributed by atoms with Crippen molar-refractivity contribution < 1.29 is 22.4 Å². The molecule has 136 valence electrons. The van der Waals surface area contributed by atoms with Crippen molar-refractivity contribution in [1.82, 2.24) is 0 Å². The average molecular weight is 373 g/mol. The Morgan fingerprint density at radius 1 is 1.15 bits per heavy atom. The van der Waals surface area contributed by atoms with Crippen molar-refractivity contribution in [1.29, 1.82) is 0 Å². The van der Waals surface area contributed by atoms with Crippen LogP contribution in [0.3, 0.4) is 0 Å². The second-order valence-electron chi connectivity index (χ2n) is 5.91. The van der Waals surface area contributed by atoms with Gasteiger partial charge in [0.25, 0.3) is 0 Å². The Hall–Kier alpha value is -2.80. The molecule has 1 aromatic heterocycles. The number of hydrogen-bond donors (Lipinski definition) is 1. The van der Waals surface area contributed by atoms with Crippen LogP contribution in [-0.2, 0) is 10.0 Å². The summed E-state index contributed by atoms with van der Waals surface area (Å²) >= 11 is 0. The van der Waals surface area contributed by atoms with E-state index in [1.807, 2.05) is 13.0 Å². The zero-order chi connectivity index (χ0) is 18.7. The normalized spacial score (nSPS) is 11.5. The fourth-order valence-corrected chi connectivity index (χ4v) is 3.11. The van der Waals surface area contributed by atoms with Gasteiger partial charge in [0.2, 0.25) is 15.8 Å². The van der Waals surface area contributed by atoms with E-state index in [9.17, 15) is 13.2 Å². The monoisotopic (exact) mass is 373 g/mol. The summed E-state index contributed by atoms with van der Waals surface area (Å²) in [4.78, 5) is 12.8. The molecule has 7 heteroatoms. The predicted molar refractivity (Wildman–Crippen MR) is 100 cm³/mol. The summed E-state index contributed by atoms with van der Waals surface area (Å²) in [6.45, 7) is 2.51. The third kappa shape index (κ3) is 4.05. The largest absolute Gasteiger partial charge is 0.493 e. The fourth-order valence-electron chi connectivity index (χ4n) is 2.56. The molecule has 26 heavy (non-hydrogen) atoms. The minimum Gasteiger partial charge on any atom is -0.493 e. The molecule has 0 unspecified atom stereocenters. The van der Waals surface area contributed by atoms with Gasteiger partial charge in [-0.25, -0.2) is 8.42 Å². The summed E-state index contributed by atoms with van der Waals surface area (Å²) in [7, 11) is -3.38. The zero-order valence-electron chi connectivity index (χ0n) is 14.5. The molecule has 2 aromatic carbocycles. The maximum absolute atomic E-state index is 12.8. The minimum atomic E-state index is -3.38. The number of carbonyl (C=O) groups excluding carboxylic acids is 1. The van der Waals surface area contributed by atoms with Gasteiger partial charge >= 0.3 is 0 Å². The number of anilines is 1. The van der Waals surface area contributed by atoms with Crippen LogP contribution in [0.1, 0.15) is 29.5 Å². The number of nitrogens with one attached hydrogen (secondary N) is 1. The van der Waals surface area contributed by atoms with Crippen molar-refractivity contribution in [2.24, 2.45) is 0 Å². The van der Waals surface area contributed by atoms with Gasteiger partial charge in [-0.15, -0.1) is 0 Å². The number of carbonyl (C=O) groups is 1. The molecule has 0 amide bonds. The van der Waals surface area contributed by atoms with E-state index in [1.165, 1.54) is 0 Å². The Balaban J connectivity index is 1.94. The number of rotatable bonds is 7. The molecule has 0 saturated heterocycles. The smallest absolute Gasteiger partial charge is 0.231 e. The van der Waals surface area contributed by atoms with Gasteiger partial charge in [0.1, 0.15) is 11.3 Å². The SMILES string of the molecule is CCCOc1ccccc1C(=O)c1cc2cc(NS(C)(=O)=O)ccc2o1. The highest BCUT2D eigenvalue weighted by molar-refractivity contribution is 7.92. The topological polar surface area (TPSA) is 85.6 Å². The van der Waals surface area contributed by atoms with Crippen molar-refractivity contribution in [2.45, 2.75) is 13.3 Å². The van der Waals surface area contributed by atoms with E-state index in [0.717, 1.165) is 12.7 Å². The lowest BCUT2D eigenvalue weighted by molar-refractivity contribution is 0.101. The van der Waals surface area contributed by atoms with Gasteiger partial charge < -0.3 is 9.15 Å². The van der Waals surface area contributed by atoms with E-state index >= 15 is 0 Å². The Labute approximate surface area is 151 Å². The number of ketones is 1. The third-order valence-electron chi connectivity index (χ3n) is 3.64. The zero-order valence-corrected chi connectivity index (χ0v) is 15.3. The summed E-state index contributed by atoms with van der Waals surface area (Å²) < 4.78 is 36.4. The summed E-state index contributed by atoms with van der Waals surface area (Å²) in [6, 6.07) is 13.4. The first-order chi connectivity index (χ1) is 12.4. The van der Waals surface area contributed by atoms with Crippen LogP contribution < -0.4 is 9.46 Å². The van der Waals surface area contributed by atoms with Crippen LogP contribution in [0.2, 0.25) is 0 Å². The first kappa shape index (κ1) is 18.0. The van der Waals surface area contributed by atoms with Gasteiger partial charge in [0, 0.05) is 11.1 Å². The number of para-hydroxylation sites is 1. The van der Waals surface area contributed by atoms with Crippen LogP contribution in [-0.4, -0.2) is 27.1 Å². The van der Waals surface area contributed by atoms with Crippen LogP contribution in [0.5, 0.6) is 5.75 Å². The van der Waals surface area contributed by atoms with Gasteiger partial charge in [-0.3, -0.25) is 9.52 Å². The summed E-state index contributed by atoms with van der Waals surface area (Å²) in [6.07, 6.45) is 1.91. The number of benzene rings is 2. The first-order valence-electron chi connectivity index (χ1n) is 8.15. The maximum Gasteiger partial charge on any atom is 0.231 e. The van der Waals surface area contributed by atoms with Crippen LogP contribution in [0, 0.1) is 0 Å². The highest BCUT2D eigenvalue weighted by Crippen LogP contribution is 2.27. The first-order valence-corrected chi connectivity index (χ1v) is 10.0. The Morgan fingerprint density at radius 3 is 2.65 bits per heavy atom. The molecule has 0 fully saturated rings. The van der Waals surface area contributed by atoms with E-state index in [4.69, 9.17) is 9.15 Å². The van der Waals surface area contributed by atoms with Gasteiger partial charge in [-0.1, -0.05) is 19.1 Å². The van der Waals surface area contributed by atoms with Crippen molar-refractivity contribution in [3.05, 3.63) is 59.9 Å². The average Bonchev–Trinajstić information content (AvgIpc) is 3.01. The molecule has 0 aliphatic heterocycles. The molecule has 0 radical (unpaired) electrons. The van der Waals surface area contributed by atoms with Gasteiger partial charge in [-0.05, 0) is 42.8 Å². The summed E-state index contributed by atoms with van der Waals surface area (Å²) in [5.41, 5.74) is 1.33. The molecule has 0 saturated carbocycles. The van der Waals surface area contributed by atoms with Gasteiger partial charge in [0.15, 0.2) is 5.76 Å². The minimum absolute atomic E-state index is 0.170. The molecule has 0 aliphatic carbocycles. The van der Waals surface area contributed by atoms with Crippen LogP contribution in [0.25, 0.3) is 11.0 Å². The number of furan rings is 1. The molecule has 3 aromatic rings. The van der Waals surface area contributed by atoms with E-state index in [0.29, 0.717) is 34.6 Å². The van der Waals surface area contributed by atoms with Gasteiger partial charge in [0.05, 0.1) is 18.4 Å². The standard InChI is InChI=1S/C19H19NO5S/c1-3-10-24-17-7-5-4-6-15(17)19(21)18-12-13-11-14(20-26(2,22)23)8-9-16(13)25-18/h4-9,11-12,20H,3,10H2,1-2H3. The number of ether oxygens (including phenoxy) is 1. The molecule has 0 atom stereocenters. The Kier molecular flexibility index (Phi) is 4.99. The fraction of sp³-hybridized carbons (Fsp3) is 0.211. The van der Waals surface area contributed by atoms with Crippen LogP contribution >= 0.6 is 0 Å². The predicted octanol–water partition coefficient (Wildman–Crippen LogP) is 3.82. The van der Waals surface area contributed by atoms with Crippen molar-refractivity contribution in [2.75, 3.05) is 17.6 Å². The molecule has 6 nitrogen and oxygen atoms in total. The highest BCUT2D eigenvalue weighted by Gasteiger charge is 2.19. The lowest BCUT2D eigenvalue weighted by Crippen LogP contribution is -2.09. The lowest BCUT2D eigenvalue weighted by atomic mass is 10.1.